The first-order valence-electron chi connectivity index (χ1n) is 7.39. The highest BCUT2D eigenvalue weighted by molar-refractivity contribution is 5.25. The third-order valence-corrected chi connectivity index (χ3v) is 3.56. The second-order valence-electron chi connectivity index (χ2n) is 5.15. The Kier molecular flexibility index (Phi) is 10.8. The van der Waals surface area contributed by atoms with Gasteiger partial charge in [-0.1, -0.05) is 76.1 Å². The lowest BCUT2D eigenvalue weighted by Gasteiger charge is -2.05. The summed E-state index contributed by atoms with van der Waals surface area (Å²) < 4.78 is 0. The van der Waals surface area contributed by atoms with Gasteiger partial charge >= 0.3 is 0 Å². The van der Waals surface area contributed by atoms with Gasteiger partial charge in [-0.3, -0.25) is 0 Å². The lowest BCUT2D eigenvalue weighted by atomic mass is 10.0. The number of aryl methyl sites for hydroxylation is 2. The van der Waals surface area contributed by atoms with Crippen LogP contribution >= 0.6 is 0 Å². The lowest BCUT2D eigenvalue weighted by molar-refractivity contribution is 0.575. The molecule has 1 aromatic rings. The van der Waals surface area contributed by atoms with Crippen LogP contribution in [0.25, 0.3) is 0 Å². The highest BCUT2D eigenvalue weighted by Gasteiger charge is 1.97. The number of rotatable bonds is 9. The largest absolute Gasteiger partial charge is 0.344 e. The predicted octanol–water partition coefficient (Wildman–Crippen LogP) is 5.84. The third kappa shape index (κ3) is 7.50. The zero-order valence-electron chi connectivity index (χ0n) is 12.4. The molecule has 104 valence electrons. The van der Waals surface area contributed by atoms with Crippen LogP contribution in [0.15, 0.2) is 24.3 Å². The first-order chi connectivity index (χ1) is 8.34. The monoisotopic (exact) mass is 249 g/mol. The Morgan fingerprint density at radius 1 is 0.778 bits per heavy atom. The van der Waals surface area contributed by atoms with Crippen LogP contribution in [0.1, 0.15) is 69.4 Å². The molecule has 0 aromatic heterocycles. The smallest absolute Gasteiger partial charge is 0.0276 e. The zero-order valence-corrected chi connectivity index (χ0v) is 12.4. The van der Waals surface area contributed by atoms with E-state index in [0.717, 1.165) is 0 Å². The van der Waals surface area contributed by atoms with E-state index in [9.17, 15) is 0 Å². The van der Waals surface area contributed by atoms with Gasteiger partial charge in [-0.15, -0.1) is 0 Å². The van der Waals surface area contributed by atoms with E-state index in [2.05, 4.69) is 38.1 Å². The van der Waals surface area contributed by atoms with Gasteiger partial charge in [0.25, 0.3) is 0 Å². The van der Waals surface area contributed by atoms with Crippen molar-refractivity contribution in [1.29, 1.82) is 0 Å². The highest BCUT2D eigenvalue weighted by Crippen LogP contribution is 2.13. The molecule has 1 rings (SSSR count). The Labute approximate surface area is 114 Å². The molecule has 1 nitrogen and oxygen atoms in total. The summed E-state index contributed by atoms with van der Waals surface area (Å²) >= 11 is 0. The standard InChI is InChI=1S/C17H28.H3N/c1-3-4-5-6-7-8-9-10-14-17-15-12-11-13-16(17)2;/h11-13,15H,3-10,14H2,1-2H3;1H3. The number of unbranched alkanes of at least 4 members (excludes halogenated alkanes) is 7. The van der Waals surface area contributed by atoms with Crippen molar-refractivity contribution in [2.24, 2.45) is 0 Å². The van der Waals surface area contributed by atoms with Gasteiger partial charge in [-0.2, -0.15) is 0 Å². The van der Waals surface area contributed by atoms with Crippen molar-refractivity contribution in [2.45, 2.75) is 71.6 Å². The molecule has 0 aliphatic carbocycles. The van der Waals surface area contributed by atoms with Crippen molar-refractivity contribution < 1.29 is 0 Å². The molecule has 18 heavy (non-hydrogen) atoms. The average Bonchev–Trinajstić information content (AvgIpc) is 2.35. The van der Waals surface area contributed by atoms with E-state index in [1.807, 2.05) is 0 Å². The van der Waals surface area contributed by atoms with Gasteiger partial charge in [0.1, 0.15) is 0 Å². The van der Waals surface area contributed by atoms with Crippen LogP contribution in [0.2, 0.25) is 0 Å². The Morgan fingerprint density at radius 3 is 1.94 bits per heavy atom. The van der Waals surface area contributed by atoms with E-state index in [1.54, 1.807) is 5.56 Å². The summed E-state index contributed by atoms with van der Waals surface area (Å²) in [6, 6.07) is 8.79. The van der Waals surface area contributed by atoms with Crippen LogP contribution < -0.4 is 6.15 Å². The predicted molar refractivity (Wildman–Crippen MR) is 82.5 cm³/mol. The minimum Gasteiger partial charge on any atom is -0.344 e. The summed E-state index contributed by atoms with van der Waals surface area (Å²) in [5.74, 6) is 0. The van der Waals surface area contributed by atoms with Crippen molar-refractivity contribution in [1.82, 2.24) is 6.15 Å². The summed E-state index contributed by atoms with van der Waals surface area (Å²) in [5.41, 5.74) is 2.99. The maximum atomic E-state index is 2.28. The molecule has 1 heteroatoms. The van der Waals surface area contributed by atoms with E-state index in [4.69, 9.17) is 0 Å². The minimum atomic E-state index is 0. The van der Waals surface area contributed by atoms with Crippen molar-refractivity contribution >= 4 is 0 Å². The maximum Gasteiger partial charge on any atom is -0.0276 e. The summed E-state index contributed by atoms with van der Waals surface area (Å²) in [6.45, 7) is 4.50. The van der Waals surface area contributed by atoms with E-state index < -0.39 is 0 Å². The lowest BCUT2D eigenvalue weighted by Crippen LogP contribution is -1.89. The molecule has 0 saturated carbocycles. The molecular formula is C17H31N. The van der Waals surface area contributed by atoms with Crippen LogP contribution in [0.4, 0.5) is 0 Å². The molecule has 0 heterocycles. The fourth-order valence-corrected chi connectivity index (χ4v) is 2.34. The number of hydrogen-bond donors (Lipinski definition) is 1. The fourth-order valence-electron chi connectivity index (χ4n) is 2.34. The molecule has 0 bridgehead atoms. The topological polar surface area (TPSA) is 35.0 Å². The first kappa shape index (κ1) is 17.2. The van der Waals surface area contributed by atoms with Gasteiger partial charge in [-0.05, 0) is 30.9 Å². The Hall–Kier alpha value is -0.820. The molecule has 0 saturated heterocycles. The van der Waals surface area contributed by atoms with Crippen LogP contribution in [-0.2, 0) is 6.42 Å². The van der Waals surface area contributed by atoms with Crippen molar-refractivity contribution in [3.8, 4) is 0 Å². The summed E-state index contributed by atoms with van der Waals surface area (Å²) in [5, 5.41) is 0. The van der Waals surface area contributed by atoms with Crippen molar-refractivity contribution in [2.75, 3.05) is 0 Å². The normalized spacial score (nSPS) is 10.1. The molecule has 0 radical (unpaired) electrons. The van der Waals surface area contributed by atoms with Crippen LogP contribution in [0.3, 0.4) is 0 Å². The molecule has 0 unspecified atom stereocenters. The molecule has 0 atom stereocenters. The second kappa shape index (κ2) is 11.3. The van der Waals surface area contributed by atoms with Gasteiger partial charge < -0.3 is 6.15 Å². The van der Waals surface area contributed by atoms with E-state index in [0.29, 0.717) is 0 Å². The summed E-state index contributed by atoms with van der Waals surface area (Å²) in [4.78, 5) is 0. The zero-order chi connectivity index (χ0) is 12.3. The summed E-state index contributed by atoms with van der Waals surface area (Å²) in [6.07, 6.45) is 12.5. The maximum absolute atomic E-state index is 2.28. The number of hydrogen-bond acceptors (Lipinski definition) is 1. The van der Waals surface area contributed by atoms with Gasteiger partial charge in [-0.25, -0.2) is 0 Å². The molecule has 0 aliphatic rings. The average molecular weight is 249 g/mol. The second-order valence-corrected chi connectivity index (χ2v) is 5.15. The molecule has 0 spiro atoms. The number of benzene rings is 1. The molecule has 0 aliphatic heterocycles. The van der Waals surface area contributed by atoms with Crippen LogP contribution in [-0.4, -0.2) is 0 Å². The van der Waals surface area contributed by atoms with Crippen molar-refractivity contribution in [3.05, 3.63) is 35.4 Å². The molecule has 3 N–H and O–H groups in total. The quantitative estimate of drug-likeness (QED) is 0.548. The Bertz CT molecular complexity index is 293. The molecule has 0 amide bonds. The van der Waals surface area contributed by atoms with Crippen LogP contribution in [0, 0.1) is 6.92 Å². The van der Waals surface area contributed by atoms with Crippen molar-refractivity contribution in [3.63, 3.8) is 0 Å². The van der Waals surface area contributed by atoms with E-state index in [1.165, 1.54) is 63.4 Å². The SMILES string of the molecule is CCCCCCCCCCc1ccccc1C.N. The van der Waals surface area contributed by atoms with Crippen LogP contribution in [0.5, 0.6) is 0 Å². The molecule has 1 aromatic carbocycles. The minimum absolute atomic E-state index is 0. The third-order valence-electron chi connectivity index (χ3n) is 3.56. The molecule has 0 fully saturated rings. The van der Waals surface area contributed by atoms with E-state index >= 15 is 0 Å². The summed E-state index contributed by atoms with van der Waals surface area (Å²) in [7, 11) is 0. The highest BCUT2D eigenvalue weighted by atomic mass is 14.0. The van der Waals surface area contributed by atoms with Gasteiger partial charge in [0.15, 0.2) is 0 Å². The fraction of sp³-hybridized carbons (Fsp3) is 0.647. The van der Waals surface area contributed by atoms with Gasteiger partial charge in [0.05, 0.1) is 0 Å². The first-order valence-corrected chi connectivity index (χ1v) is 7.39. The molecular weight excluding hydrogens is 218 g/mol. The Balaban J connectivity index is 0.00000289. The van der Waals surface area contributed by atoms with E-state index in [-0.39, 0.29) is 6.15 Å². The van der Waals surface area contributed by atoms with Gasteiger partial charge in [0.2, 0.25) is 0 Å². The van der Waals surface area contributed by atoms with Gasteiger partial charge in [0, 0.05) is 0 Å². The Morgan fingerprint density at radius 2 is 1.33 bits per heavy atom.